The van der Waals surface area contributed by atoms with Gasteiger partial charge in [-0.05, 0) is 23.6 Å². The van der Waals surface area contributed by atoms with E-state index in [0.717, 1.165) is 25.2 Å². The summed E-state index contributed by atoms with van der Waals surface area (Å²) in [6, 6.07) is 18.8. The quantitative estimate of drug-likeness (QED) is 0.910. The molecule has 1 aliphatic rings. The number of benzene rings is 2. The van der Waals surface area contributed by atoms with Crippen molar-refractivity contribution in [2.24, 2.45) is 0 Å². The van der Waals surface area contributed by atoms with Gasteiger partial charge in [0.2, 0.25) is 0 Å². The van der Waals surface area contributed by atoms with Gasteiger partial charge < -0.3 is 10.4 Å². The Labute approximate surface area is 132 Å². The summed E-state index contributed by atoms with van der Waals surface area (Å²) in [5.41, 5.74) is 3.66. The third kappa shape index (κ3) is 3.38. The van der Waals surface area contributed by atoms with Gasteiger partial charge in [0, 0.05) is 32.2 Å². The zero-order valence-corrected chi connectivity index (χ0v) is 13.1. The summed E-state index contributed by atoms with van der Waals surface area (Å²) in [6.45, 7) is 5.71. The van der Waals surface area contributed by atoms with E-state index in [2.05, 4.69) is 41.4 Å². The third-order valence-corrected chi connectivity index (χ3v) is 4.49. The molecule has 3 rings (SSSR count). The first-order valence-electron chi connectivity index (χ1n) is 7.99. The van der Waals surface area contributed by atoms with Crippen molar-refractivity contribution < 1.29 is 5.11 Å². The molecular formula is C19H24N2O. The fourth-order valence-corrected chi connectivity index (χ4v) is 3.23. The van der Waals surface area contributed by atoms with E-state index >= 15 is 0 Å². The fraction of sp³-hybridized carbons (Fsp3) is 0.368. The number of piperazine rings is 1. The van der Waals surface area contributed by atoms with E-state index in [4.69, 9.17) is 0 Å². The molecule has 2 atom stereocenters. The molecule has 1 heterocycles. The second kappa shape index (κ2) is 7.05. The van der Waals surface area contributed by atoms with Crippen molar-refractivity contribution in [3.8, 4) is 0 Å². The number of nitrogens with one attached hydrogen (secondary N) is 1. The van der Waals surface area contributed by atoms with E-state index in [9.17, 15) is 5.11 Å². The molecule has 22 heavy (non-hydrogen) atoms. The summed E-state index contributed by atoms with van der Waals surface area (Å²) < 4.78 is 0. The average molecular weight is 296 g/mol. The number of nitrogens with zero attached hydrogens (tertiary/aromatic N) is 1. The van der Waals surface area contributed by atoms with E-state index in [0.29, 0.717) is 12.6 Å². The highest BCUT2D eigenvalue weighted by molar-refractivity contribution is 5.29. The molecule has 1 saturated heterocycles. The van der Waals surface area contributed by atoms with Gasteiger partial charge in [-0.2, -0.15) is 0 Å². The minimum absolute atomic E-state index is 0.327. The van der Waals surface area contributed by atoms with Crippen LogP contribution in [-0.4, -0.2) is 36.2 Å². The summed E-state index contributed by atoms with van der Waals surface area (Å²) >= 11 is 0. The Bertz CT molecular complexity index is 599. The Hall–Kier alpha value is -1.68. The van der Waals surface area contributed by atoms with E-state index in [1.54, 1.807) is 0 Å². The number of aryl methyl sites for hydroxylation is 1. The van der Waals surface area contributed by atoms with Crippen molar-refractivity contribution in [2.45, 2.75) is 19.1 Å². The van der Waals surface area contributed by atoms with E-state index in [-0.39, 0.29) is 0 Å². The van der Waals surface area contributed by atoms with Gasteiger partial charge in [-0.1, -0.05) is 54.6 Å². The lowest BCUT2D eigenvalue weighted by molar-refractivity contribution is 0.0731. The lowest BCUT2D eigenvalue weighted by Gasteiger charge is -2.38. The maximum atomic E-state index is 10.5. The molecule has 3 nitrogen and oxygen atoms in total. The SMILES string of the molecule is Cc1ccccc1C1CNCCN1CC(O)c1ccccc1. The Kier molecular flexibility index (Phi) is 4.88. The highest BCUT2D eigenvalue weighted by Gasteiger charge is 2.26. The summed E-state index contributed by atoms with van der Waals surface area (Å²) in [5, 5.41) is 14.0. The molecule has 0 aliphatic carbocycles. The van der Waals surface area contributed by atoms with Crippen molar-refractivity contribution in [3.05, 3.63) is 71.3 Å². The predicted molar refractivity (Wildman–Crippen MR) is 89.8 cm³/mol. The molecule has 0 spiro atoms. The van der Waals surface area contributed by atoms with Crippen molar-refractivity contribution >= 4 is 0 Å². The predicted octanol–water partition coefficient (Wildman–Crippen LogP) is 2.67. The van der Waals surface area contributed by atoms with Crippen LogP contribution in [0, 0.1) is 6.92 Å². The fourth-order valence-electron chi connectivity index (χ4n) is 3.23. The Morgan fingerprint density at radius 2 is 1.86 bits per heavy atom. The lowest BCUT2D eigenvalue weighted by atomic mass is 9.97. The molecule has 116 valence electrons. The standard InChI is InChI=1S/C19H24N2O/c1-15-7-5-6-10-17(15)18-13-20-11-12-21(18)14-19(22)16-8-3-2-4-9-16/h2-10,18-20,22H,11-14H2,1H3. The smallest absolute Gasteiger partial charge is 0.0917 e. The zero-order valence-electron chi connectivity index (χ0n) is 13.1. The Balaban J connectivity index is 1.77. The van der Waals surface area contributed by atoms with Gasteiger partial charge in [0.05, 0.1) is 6.10 Å². The van der Waals surface area contributed by atoms with Crippen LogP contribution < -0.4 is 5.32 Å². The topological polar surface area (TPSA) is 35.5 Å². The van der Waals surface area contributed by atoms with Crippen LogP contribution in [0.25, 0.3) is 0 Å². The zero-order chi connectivity index (χ0) is 15.4. The normalized spacial score (nSPS) is 20.7. The molecule has 2 aromatic carbocycles. The Morgan fingerprint density at radius 1 is 1.14 bits per heavy atom. The van der Waals surface area contributed by atoms with Crippen LogP contribution in [0.1, 0.15) is 28.8 Å². The summed E-state index contributed by atoms with van der Waals surface area (Å²) in [7, 11) is 0. The van der Waals surface area contributed by atoms with Crippen molar-refractivity contribution in [2.75, 3.05) is 26.2 Å². The number of hydrogen-bond acceptors (Lipinski definition) is 3. The van der Waals surface area contributed by atoms with Crippen LogP contribution in [0.2, 0.25) is 0 Å². The summed E-state index contributed by atoms with van der Waals surface area (Å²) in [6.07, 6.45) is -0.439. The van der Waals surface area contributed by atoms with Gasteiger partial charge in [0.25, 0.3) is 0 Å². The highest BCUT2D eigenvalue weighted by atomic mass is 16.3. The van der Waals surface area contributed by atoms with Gasteiger partial charge in [-0.3, -0.25) is 4.90 Å². The van der Waals surface area contributed by atoms with Crippen LogP contribution in [0.15, 0.2) is 54.6 Å². The first-order chi connectivity index (χ1) is 10.8. The van der Waals surface area contributed by atoms with Gasteiger partial charge in [0.1, 0.15) is 0 Å². The average Bonchev–Trinajstić information content (AvgIpc) is 2.57. The van der Waals surface area contributed by atoms with E-state index < -0.39 is 6.10 Å². The van der Waals surface area contributed by atoms with Crippen molar-refractivity contribution in [3.63, 3.8) is 0 Å². The second-order valence-electron chi connectivity index (χ2n) is 6.00. The highest BCUT2D eigenvalue weighted by Crippen LogP contribution is 2.27. The molecule has 2 aromatic rings. The van der Waals surface area contributed by atoms with Crippen LogP contribution in [0.5, 0.6) is 0 Å². The number of hydrogen-bond donors (Lipinski definition) is 2. The van der Waals surface area contributed by atoms with E-state index in [1.165, 1.54) is 11.1 Å². The van der Waals surface area contributed by atoms with Crippen molar-refractivity contribution in [1.82, 2.24) is 10.2 Å². The monoisotopic (exact) mass is 296 g/mol. The summed E-state index contributed by atoms with van der Waals surface area (Å²) in [4.78, 5) is 2.40. The van der Waals surface area contributed by atoms with Crippen molar-refractivity contribution in [1.29, 1.82) is 0 Å². The summed E-state index contributed by atoms with van der Waals surface area (Å²) in [5.74, 6) is 0. The number of rotatable bonds is 4. The van der Waals surface area contributed by atoms with Gasteiger partial charge in [-0.25, -0.2) is 0 Å². The first-order valence-corrected chi connectivity index (χ1v) is 7.99. The van der Waals surface area contributed by atoms with Crippen LogP contribution in [0.4, 0.5) is 0 Å². The molecule has 0 amide bonds. The number of aliphatic hydroxyl groups excluding tert-OH is 1. The van der Waals surface area contributed by atoms with E-state index in [1.807, 2.05) is 30.3 Å². The minimum Gasteiger partial charge on any atom is -0.387 e. The molecule has 0 aromatic heterocycles. The molecule has 0 saturated carbocycles. The molecule has 1 fully saturated rings. The maximum absolute atomic E-state index is 10.5. The molecule has 3 heteroatoms. The number of β-amino-alcohol motifs (C(OH)–C–C–N with tert-alkyl or cyclic N) is 1. The largest absolute Gasteiger partial charge is 0.387 e. The molecule has 1 aliphatic heterocycles. The van der Waals surface area contributed by atoms with Gasteiger partial charge in [0.15, 0.2) is 0 Å². The van der Waals surface area contributed by atoms with Crippen LogP contribution in [0.3, 0.4) is 0 Å². The molecule has 2 N–H and O–H groups in total. The van der Waals surface area contributed by atoms with Crippen LogP contribution in [-0.2, 0) is 0 Å². The number of aliphatic hydroxyl groups is 1. The lowest BCUT2D eigenvalue weighted by Crippen LogP contribution is -2.47. The molecule has 0 bridgehead atoms. The second-order valence-corrected chi connectivity index (χ2v) is 6.00. The maximum Gasteiger partial charge on any atom is 0.0917 e. The Morgan fingerprint density at radius 3 is 2.64 bits per heavy atom. The van der Waals surface area contributed by atoms with Gasteiger partial charge >= 0.3 is 0 Å². The molecule has 2 unspecified atom stereocenters. The first kappa shape index (κ1) is 15.2. The van der Waals surface area contributed by atoms with Gasteiger partial charge in [-0.15, -0.1) is 0 Å². The van der Waals surface area contributed by atoms with Crippen LogP contribution >= 0.6 is 0 Å². The third-order valence-electron chi connectivity index (χ3n) is 4.49. The molecule has 0 radical (unpaired) electrons. The molecular weight excluding hydrogens is 272 g/mol. The minimum atomic E-state index is -0.439.